The molecule has 5 rings (SSSR count). The van der Waals surface area contributed by atoms with Gasteiger partial charge in [0.1, 0.15) is 34.4 Å². The molecule has 0 unspecified atom stereocenters. The maximum atomic E-state index is 12.1. The number of benzene rings is 3. The van der Waals surface area contributed by atoms with Gasteiger partial charge < -0.3 is 14.0 Å². The minimum absolute atomic E-state index is 0.248. The van der Waals surface area contributed by atoms with Crippen molar-refractivity contribution < 1.29 is 19.1 Å². The molecular formula is C27H25N3O4S2. The van der Waals surface area contributed by atoms with Crippen LogP contribution in [0.2, 0.25) is 0 Å². The third-order valence-electron chi connectivity index (χ3n) is 6.09. The summed E-state index contributed by atoms with van der Waals surface area (Å²) >= 11 is 2.73. The quantitative estimate of drug-likeness (QED) is 0.288. The number of hydrogen-bond donors (Lipinski definition) is 1. The van der Waals surface area contributed by atoms with Crippen molar-refractivity contribution in [3.8, 4) is 17.2 Å². The van der Waals surface area contributed by atoms with Crippen LogP contribution in [0.5, 0.6) is 17.2 Å². The highest BCUT2D eigenvalue weighted by Crippen LogP contribution is 2.35. The third kappa shape index (κ3) is 5.08. The number of fused-ring (bicyclic) bond motifs is 1. The summed E-state index contributed by atoms with van der Waals surface area (Å²) in [4.78, 5) is 29.5. The van der Waals surface area contributed by atoms with Gasteiger partial charge in [-0.15, -0.1) is 11.8 Å². The number of hydrogen-bond acceptors (Lipinski definition) is 7. The predicted octanol–water partition coefficient (Wildman–Crippen LogP) is 5.95. The number of imidazole rings is 1. The Morgan fingerprint density at radius 2 is 1.69 bits per heavy atom. The molecule has 0 bridgehead atoms. The van der Waals surface area contributed by atoms with E-state index in [-0.39, 0.29) is 11.1 Å². The van der Waals surface area contributed by atoms with Gasteiger partial charge in [0.15, 0.2) is 0 Å². The molecule has 1 aliphatic rings. The molecule has 1 saturated heterocycles. The van der Waals surface area contributed by atoms with Crippen LogP contribution in [0.15, 0.2) is 71.6 Å². The number of thioether (sulfide) groups is 2. The molecule has 2 heterocycles. The number of aromatic nitrogens is 2. The molecular weight excluding hydrogens is 494 g/mol. The Morgan fingerprint density at radius 1 is 1.00 bits per heavy atom. The Morgan fingerprint density at radius 3 is 2.36 bits per heavy atom. The van der Waals surface area contributed by atoms with Crippen LogP contribution in [0.3, 0.4) is 0 Å². The van der Waals surface area contributed by atoms with E-state index in [0.717, 1.165) is 45.7 Å². The lowest BCUT2D eigenvalue weighted by Crippen LogP contribution is -2.35. The standard InChI is InChI=1S/C27H25N3O4S2/c1-27(25(31)29-26(32)36-27)15-17-4-6-18(7-5-17)33-16-24-28-22-13-10-20(14-23(22)30(24)2)34-19-8-11-21(35-3)12-9-19/h4-14H,15-16H2,1-3H3,(H,29,31,32)/t27-/m0/s1. The number of amides is 2. The lowest BCUT2D eigenvalue weighted by Gasteiger charge is -2.18. The van der Waals surface area contributed by atoms with Crippen LogP contribution in [0, 0.1) is 0 Å². The number of carbonyl (C=O) groups excluding carboxylic acids is 2. The number of imide groups is 1. The van der Waals surface area contributed by atoms with Crippen LogP contribution in [0.4, 0.5) is 4.79 Å². The Hall–Kier alpha value is -3.43. The normalized spacial score (nSPS) is 17.4. The van der Waals surface area contributed by atoms with Gasteiger partial charge in [0.25, 0.3) is 5.24 Å². The first-order valence-corrected chi connectivity index (χ1v) is 13.4. The highest BCUT2D eigenvalue weighted by atomic mass is 32.2. The van der Waals surface area contributed by atoms with Crippen molar-refractivity contribution in [2.45, 2.75) is 29.6 Å². The fourth-order valence-corrected chi connectivity index (χ4v) is 5.39. The second-order valence-corrected chi connectivity index (χ2v) is 11.1. The Balaban J connectivity index is 1.24. The van der Waals surface area contributed by atoms with Crippen LogP contribution in [0.25, 0.3) is 11.0 Å². The topological polar surface area (TPSA) is 82.5 Å². The fraction of sp³-hybridized carbons (Fsp3) is 0.222. The lowest BCUT2D eigenvalue weighted by atomic mass is 9.99. The molecule has 1 atom stereocenters. The van der Waals surface area contributed by atoms with E-state index in [9.17, 15) is 9.59 Å². The van der Waals surface area contributed by atoms with Crippen LogP contribution < -0.4 is 14.8 Å². The molecule has 1 N–H and O–H groups in total. The Labute approximate surface area is 217 Å². The summed E-state index contributed by atoms with van der Waals surface area (Å²) < 4.78 is 13.2. The minimum atomic E-state index is -0.785. The predicted molar refractivity (Wildman–Crippen MR) is 143 cm³/mol. The van der Waals surface area contributed by atoms with Gasteiger partial charge in [0.2, 0.25) is 5.91 Å². The molecule has 0 aliphatic carbocycles. The molecule has 1 aliphatic heterocycles. The van der Waals surface area contributed by atoms with E-state index in [1.807, 2.05) is 84.6 Å². The van der Waals surface area contributed by atoms with Crippen molar-refractivity contribution in [2.75, 3.05) is 6.26 Å². The molecule has 0 spiro atoms. The number of ether oxygens (including phenoxy) is 2. The van der Waals surface area contributed by atoms with E-state index in [0.29, 0.717) is 18.8 Å². The van der Waals surface area contributed by atoms with E-state index < -0.39 is 4.75 Å². The molecule has 184 valence electrons. The smallest absolute Gasteiger partial charge is 0.286 e. The van der Waals surface area contributed by atoms with Crippen molar-refractivity contribution in [2.24, 2.45) is 7.05 Å². The summed E-state index contributed by atoms with van der Waals surface area (Å²) in [7, 11) is 1.96. The van der Waals surface area contributed by atoms with Crippen molar-refractivity contribution in [3.63, 3.8) is 0 Å². The average Bonchev–Trinajstić information content (AvgIpc) is 3.32. The first-order chi connectivity index (χ1) is 17.3. The number of carbonyl (C=O) groups is 2. The average molecular weight is 520 g/mol. The molecule has 0 radical (unpaired) electrons. The van der Waals surface area contributed by atoms with Gasteiger partial charge in [-0.3, -0.25) is 14.9 Å². The number of nitrogens with zero attached hydrogens (tertiary/aromatic N) is 2. The summed E-state index contributed by atoms with van der Waals surface area (Å²) in [5.74, 6) is 2.78. The summed E-state index contributed by atoms with van der Waals surface area (Å²) in [6.07, 6.45) is 2.51. The second kappa shape index (κ2) is 9.91. The maximum Gasteiger partial charge on any atom is 0.286 e. The van der Waals surface area contributed by atoms with E-state index in [4.69, 9.17) is 14.5 Å². The van der Waals surface area contributed by atoms with E-state index in [1.54, 1.807) is 18.7 Å². The Kier molecular flexibility index (Phi) is 6.68. The highest BCUT2D eigenvalue weighted by Gasteiger charge is 2.43. The van der Waals surface area contributed by atoms with E-state index >= 15 is 0 Å². The highest BCUT2D eigenvalue weighted by molar-refractivity contribution is 8.16. The number of aryl methyl sites for hydroxylation is 1. The summed E-state index contributed by atoms with van der Waals surface area (Å²) in [5, 5.41) is 2.06. The van der Waals surface area contributed by atoms with E-state index in [2.05, 4.69) is 5.32 Å². The van der Waals surface area contributed by atoms with Gasteiger partial charge >= 0.3 is 0 Å². The molecule has 3 aromatic carbocycles. The number of rotatable bonds is 8. The molecule has 9 heteroatoms. The first-order valence-electron chi connectivity index (χ1n) is 11.4. The summed E-state index contributed by atoms with van der Waals surface area (Å²) in [5.41, 5.74) is 2.78. The third-order valence-corrected chi connectivity index (χ3v) is 7.90. The van der Waals surface area contributed by atoms with Crippen molar-refractivity contribution in [1.82, 2.24) is 14.9 Å². The van der Waals surface area contributed by atoms with Crippen LogP contribution >= 0.6 is 23.5 Å². The largest absolute Gasteiger partial charge is 0.486 e. The monoisotopic (exact) mass is 519 g/mol. The molecule has 4 aromatic rings. The van der Waals surface area contributed by atoms with Gasteiger partial charge in [0, 0.05) is 18.0 Å². The molecule has 1 aromatic heterocycles. The van der Waals surface area contributed by atoms with E-state index in [1.165, 1.54) is 4.90 Å². The second-order valence-electron chi connectivity index (χ2n) is 8.70. The maximum absolute atomic E-state index is 12.1. The van der Waals surface area contributed by atoms with Gasteiger partial charge in [0.05, 0.1) is 11.0 Å². The Bertz CT molecular complexity index is 1430. The van der Waals surface area contributed by atoms with Crippen molar-refractivity contribution >= 4 is 45.7 Å². The zero-order valence-electron chi connectivity index (χ0n) is 20.1. The minimum Gasteiger partial charge on any atom is -0.486 e. The first kappa shape index (κ1) is 24.3. The van der Waals surface area contributed by atoms with Gasteiger partial charge in [-0.05, 0) is 85.5 Å². The summed E-state index contributed by atoms with van der Waals surface area (Å²) in [6.45, 7) is 2.09. The molecule has 36 heavy (non-hydrogen) atoms. The lowest BCUT2D eigenvalue weighted by molar-refractivity contribution is -0.121. The van der Waals surface area contributed by atoms with Crippen LogP contribution in [-0.4, -0.2) is 31.7 Å². The van der Waals surface area contributed by atoms with Crippen LogP contribution in [0.1, 0.15) is 18.3 Å². The SMILES string of the molecule is CSc1ccc(Oc2ccc3nc(COc4ccc(C[C@]5(C)SC(=O)NC5=O)cc4)n(C)c3c2)cc1. The van der Waals surface area contributed by atoms with Gasteiger partial charge in [-0.25, -0.2) is 4.98 Å². The summed E-state index contributed by atoms with van der Waals surface area (Å²) in [6, 6.07) is 21.4. The fourth-order valence-electron chi connectivity index (χ4n) is 4.05. The molecule has 7 nitrogen and oxygen atoms in total. The molecule has 0 saturated carbocycles. The zero-order chi connectivity index (χ0) is 25.3. The molecule has 1 fully saturated rings. The van der Waals surface area contributed by atoms with Crippen LogP contribution in [-0.2, 0) is 24.9 Å². The van der Waals surface area contributed by atoms with Crippen molar-refractivity contribution in [1.29, 1.82) is 0 Å². The van der Waals surface area contributed by atoms with Gasteiger partial charge in [-0.2, -0.15) is 0 Å². The van der Waals surface area contributed by atoms with Crippen molar-refractivity contribution in [3.05, 3.63) is 78.1 Å². The molecule has 2 amide bonds. The van der Waals surface area contributed by atoms with Gasteiger partial charge in [-0.1, -0.05) is 12.1 Å². The number of nitrogens with one attached hydrogen (secondary N) is 1. The zero-order valence-corrected chi connectivity index (χ0v) is 21.7.